The van der Waals surface area contributed by atoms with Gasteiger partial charge in [-0.2, -0.15) is 0 Å². The van der Waals surface area contributed by atoms with E-state index in [2.05, 4.69) is 0 Å². The minimum Gasteiger partial charge on any atom is -0.755 e. The molecule has 52 valence electrons. The normalized spacial score (nSPS) is 13.6. The first kappa shape index (κ1) is 8.61. The smallest absolute Gasteiger partial charge is 0.255 e. The number of hydrogen-bond acceptors (Lipinski definition) is 3. The molecule has 0 rings (SSSR count). The molecule has 4 nitrogen and oxygen atoms in total. The van der Waals surface area contributed by atoms with Crippen LogP contribution < -0.4 is 4.72 Å². The number of amides is 1. The van der Waals surface area contributed by atoms with E-state index in [1.54, 1.807) is 4.72 Å². The van der Waals surface area contributed by atoms with Gasteiger partial charge in [-0.1, -0.05) is 11.6 Å². The van der Waals surface area contributed by atoms with Gasteiger partial charge in [-0.15, -0.1) is 0 Å². The predicted octanol–water partition coefficient (Wildman–Crippen LogP) is -0.351. The van der Waals surface area contributed by atoms with E-state index in [0.29, 0.717) is 0 Å². The quantitative estimate of drug-likeness (QED) is 0.453. The second-order valence-corrected chi connectivity index (χ2v) is 1.92. The standard InChI is InChI=1S/C3H4ClNO3S/c4-2-1-3(6)5-9(7)8/h1-2H,(H,5,6)(H,7,8)/p-1. The SMILES string of the molecule is O=C(C=CCl)NS(=O)[O-]. The summed E-state index contributed by atoms with van der Waals surface area (Å²) in [7, 11) is 0. The van der Waals surface area contributed by atoms with Gasteiger partial charge in [0.15, 0.2) is 0 Å². The van der Waals surface area contributed by atoms with Gasteiger partial charge in [-0.05, 0) is 0 Å². The molecular formula is C3H3ClNO3S-. The van der Waals surface area contributed by atoms with Crippen LogP contribution >= 0.6 is 11.6 Å². The third kappa shape index (κ3) is 5.48. The summed E-state index contributed by atoms with van der Waals surface area (Å²) in [6.07, 6.45) is 0.886. The molecule has 0 aromatic heterocycles. The van der Waals surface area contributed by atoms with Crippen LogP contribution in [0.15, 0.2) is 11.6 Å². The fourth-order valence-electron chi connectivity index (χ4n) is 0.173. The molecule has 0 fully saturated rings. The van der Waals surface area contributed by atoms with Gasteiger partial charge in [0, 0.05) is 22.9 Å². The molecule has 0 aromatic rings. The second kappa shape index (κ2) is 4.49. The van der Waals surface area contributed by atoms with Crippen LogP contribution in [0.2, 0.25) is 0 Å². The Morgan fingerprint density at radius 2 is 2.33 bits per heavy atom. The molecule has 0 aliphatic rings. The van der Waals surface area contributed by atoms with E-state index in [1.807, 2.05) is 0 Å². The molecule has 0 bridgehead atoms. The highest BCUT2D eigenvalue weighted by Gasteiger charge is 1.89. The predicted molar refractivity (Wildman–Crippen MR) is 32.1 cm³/mol. The summed E-state index contributed by atoms with van der Waals surface area (Å²) >= 11 is 2.38. The lowest BCUT2D eigenvalue weighted by molar-refractivity contribution is -0.114. The molecule has 0 saturated heterocycles. The molecular weight excluding hydrogens is 166 g/mol. The minimum absolute atomic E-state index is 0.765. The number of hydrogen-bond donors (Lipinski definition) is 1. The van der Waals surface area contributed by atoms with E-state index in [9.17, 15) is 13.6 Å². The Bertz CT molecular complexity index is 157. The van der Waals surface area contributed by atoms with Gasteiger partial charge in [-0.25, -0.2) is 0 Å². The van der Waals surface area contributed by atoms with Gasteiger partial charge in [0.1, 0.15) is 0 Å². The molecule has 6 heteroatoms. The molecule has 0 spiro atoms. The Labute approximate surface area is 59.3 Å². The van der Waals surface area contributed by atoms with Crippen molar-refractivity contribution < 1.29 is 13.6 Å². The van der Waals surface area contributed by atoms with Gasteiger partial charge >= 0.3 is 0 Å². The first-order chi connectivity index (χ1) is 4.16. The maximum Gasteiger partial charge on any atom is 0.255 e. The Morgan fingerprint density at radius 1 is 1.78 bits per heavy atom. The Balaban J connectivity index is 3.64. The average Bonchev–Trinajstić information content (AvgIpc) is 1.63. The maximum atomic E-state index is 10.2. The fourth-order valence-corrected chi connectivity index (χ4v) is 0.520. The lowest BCUT2D eigenvalue weighted by Crippen LogP contribution is -2.22. The van der Waals surface area contributed by atoms with Crippen LogP contribution in [-0.4, -0.2) is 14.7 Å². The van der Waals surface area contributed by atoms with E-state index < -0.39 is 17.2 Å². The largest absolute Gasteiger partial charge is 0.755 e. The van der Waals surface area contributed by atoms with E-state index in [4.69, 9.17) is 11.6 Å². The Kier molecular flexibility index (Phi) is 4.29. The van der Waals surface area contributed by atoms with Gasteiger partial charge in [0.25, 0.3) is 5.91 Å². The van der Waals surface area contributed by atoms with Crippen molar-refractivity contribution >= 4 is 28.8 Å². The van der Waals surface area contributed by atoms with Crippen molar-refractivity contribution in [1.82, 2.24) is 4.72 Å². The van der Waals surface area contributed by atoms with Crippen molar-refractivity contribution in [3.05, 3.63) is 11.6 Å². The van der Waals surface area contributed by atoms with Crippen LogP contribution in [0.1, 0.15) is 0 Å². The summed E-state index contributed by atoms with van der Waals surface area (Å²) in [4.78, 5) is 10.2. The van der Waals surface area contributed by atoms with Gasteiger partial charge < -0.3 is 4.55 Å². The van der Waals surface area contributed by atoms with E-state index in [0.717, 1.165) is 11.6 Å². The summed E-state index contributed by atoms with van der Waals surface area (Å²) in [5.41, 5.74) is 0.919. The highest BCUT2D eigenvalue weighted by Crippen LogP contribution is 1.77. The zero-order valence-electron chi connectivity index (χ0n) is 4.17. The van der Waals surface area contributed by atoms with Gasteiger partial charge in [0.2, 0.25) is 0 Å². The zero-order chi connectivity index (χ0) is 7.28. The van der Waals surface area contributed by atoms with Crippen LogP contribution in [0.3, 0.4) is 0 Å². The van der Waals surface area contributed by atoms with Crippen LogP contribution in [-0.2, 0) is 16.1 Å². The highest BCUT2D eigenvalue weighted by molar-refractivity contribution is 7.77. The van der Waals surface area contributed by atoms with Crippen LogP contribution in [0.5, 0.6) is 0 Å². The van der Waals surface area contributed by atoms with Crippen molar-refractivity contribution in [2.45, 2.75) is 0 Å². The molecule has 0 aliphatic carbocycles. The number of rotatable bonds is 2. The second-order valence-electron chi connectivity index (χ2n) is 0.994. The lowest BCUT2D eigenvalue weighted by Gasteiger charge is -2.01. The van der Waals surface area contributed by atoms with Crippen LogP contribution in [0.4, 0.5) is 0 Å². The van der Waals surface area contributed by atoms with Crippen molar-refractivity contribution in [3.63, 3.8) is 0 Å². The topological polar surface area (TPSA) is 69.2 Å². The van der Waals surface area contributed by atoms with E-state index in [-0.39, 0.29) is 0 Å². The molecule has 1 unspecified atom stereocenters. The molecule has 0 aliphatic heterocycles. The molecule has 0 radical (unpaired) electrons. The molecule has 0 saturated carbocycles. The average molecular weight is 169 g/mol. The Hall–Kier alpha value is -0.390. The number of carbonyl (C=O) groups is 1. The monoisotopic (exact) mass is 168 g/mol. The van der Waals surface area contributed by atoms with E-state index in [1.165, 1.54) is 0 Å². The van der Waals surface area contributed by atoms with Crippen molar-refractivity contribution in [1.29, 1.82) is 0 Å². The van der Waals surface area contributed by atoms with Crippen molar-refractivity contribution in [2.75, 3.05) is 0 Å². The first-order valence-electron chi connectivity index (χ1n) is 1.83. The zero-order valence-corrected chi connectivity index (χ0v) is 5.74. The van der Waals surface area contributed by atoms with Gasteiger partial charge in [-0.3, -0.25) is 13.7 Å². The third-order valence-electron chi connectivity index (χ3n) is 0.398. The van der Waals surface area contributed by atoms with Gasteiger partial charge in [0.05, 0.1) is 0 Å². The molecule has 1 N–H and O–H groups in total. The summed E-state index contributed by atoms with van der Waals surface area (Å²) < 4.78 is 20.9. The first-order valence-corrected chi connectivity index (χ1v) is 3.34. The Morgan fingerprint density at radius 3 is 2.67 bits per heavy atom. The number of halogens is 1. The summed E-state index contributed by atoms with van der Waals surface area (Å²) in [6.45, 7) is 0. The molecule has 0 heterocycles. The van der Waals surface area contributed by atoms with Crippen molar-refractivity contribution in [2.24, 2.45) is 0 Å². The third-order valence-corrected chi connectivity index (χ3v) is 0.892. The van der Waals surface area contributed by atoms with Crippen LogP contribution in [0, 0.1) is 0 Å². The highest BCUT2D eigenvalue weighted by atomic mass is 35.5. The van der Waals surface area contributed by atoms with E-state index >= 15 is 0 Å². The van der Waals surface area contributed by atoms with Crippen LogP contribution in [0.25, 0.3) is 0 Å². The lowest BCUT2D eigenvalue weighted by atomic mass is 10.6. The van der Waals surface area contributed by atoms with Crippen molar-refractivity contribution in [3.8, 4) is 0 Å². The summed E-state index contributed by atoms with van der Waals surface area (Å²) in [5, 5.41) is 0. The molecule has 1 amide bonds. The maximum absolute atomic E-state index is 10.2. The summed E-state index contributed by atoms with van der Waals surface area (Å²) in [6, 6.07) is 0. The summed E-state index contributed by atoms with van der Waals surface area (Å²) in [5.74, 6) is -0.765. The molecule has 0 aromatic carbocycles. The molecule has 9 heavy (non-hydrogen) atoms. The minimum atomic E-state index is -2.56. The number of nitrogens with one attached hydrogen (secondary N) is 1. The molecule has 1 atom stereocenters. The fraction of sp³-hybridized carbons (Fsp3) is 0. The number of carbonyl (C=O) groups excluding carboxylic acids is 1.